The SMILES string of the molecule is C1=C2SSC3=C2[C]2C4=C1SSC4=CC1=C2C(=C3)SS1. The Balaban J connectivity index is 1.79. The van der Waals surface area contributed by atoms with Crippen LogP contribution in [-0.2, 0) is 0 Å². The topological polar surface area (TPSA) is 0 Å². The number of hydrogen-bond donors (Lipinski definition) is 0. The number of allylic oxidation sites excluding steroid dienone is 6. The maximum absolute atomic E-state index is 2.40. The number of hydrogen-bond acceptors (Lipinski definition) is 6. The van der Waals surface area contributed by atoms with Crippen LogP contribution in [0.2, 0.25) is 0 Å². The van der Waals surface area contributed by atoms with Crippen molar-refractivity contribution in [2.75, 3.05) is 0 Å². The van der Waals surface area contributed by atoms with Crippen LogP contribution in [0.1, 0.15) is 0 Å². The highest BCUT2D eigenvalue weighted by Gasteiger charge is 2.48. The lowest BCUT2D eigenvalue weighted by Crippen LogP contribution is -2.18. The van der Waals surface area contributed by atoms with Gasteiger partial charge in [-0.2, -0.15) is 0 Å². The van der Waals surface area contributed by atoms with Crippen LogP contribution < -0.4 is 0 Å². The minimum atomic E-state index is 1.47. The van der Waals surface area contributed by atoms with E-state index in [-0.39, 0.29) is 0 Å². The van der Waals surface area contributed by atoms with Gasteiger partial charge in [-0.05, 0) is 34.9 Å². The van der Waals surface area contributed by atoms with Gasteiger partial charge in [-0.1, -0.05) is 64.8 Å². The summed E-state index contributed by atoms with van der Waals surface area (Å²) in [5, 5.41) is 0. The Morgan fingerprint density at radius 2 is 0.842 bits per heavy atom. The van der Waals surface area contributed by atoms with Crippen molar-refractivity contribution in [3.05, 3.63) is 70.3 Å². The van der Waals surface area contributed by atoms with E-state index in [1.54, 1.807) is 5.92 Å². The Labute approximate surface area is 134 Å². The van der Waals surface area contributed by atoms with Gasteiger partial charge in [0.05, 0.1) is 5.92 Å². The minimum absolute atomic E-state index is 1.47. The molecule has 0 saturated heterocycles. The summed E-state index contributed by atoms with van der Waals surface area (Å²) in [6.07, 6.45) is 7.20. The zero-order chi connectivity index (χ0) is 12.1. The van der Waals surface area contributed by atoms with Gasteiger partial charge in [0.25, 0.3) is 0 Å². The lowest BCUT2D eigenvalue weighted by atomic mass is 9.75. The molecule has 3 aliphatic heterocycles. The van der Waals surface area contributed by atoms with E-state index in [1.807, 2.05) is 64.8 Å². The third-order valence-corrected chi connectivity index (χ3v) is 10.9. The van der Waals surface area contributed by atoms with Crippen molar-refractivity contribution in [2.24, 2.45) is 0 Å². The van der Waals surface area contributed by atoms with Crippen LogP contribution in [0.4, 0.5) is 0 Å². The van der Waals surface area contributed by atoms with Crippen molar-refractivity contribution < 1.29 is 0 Å². The van der Waals surface area contributed by atoms with Crippen molar-refractivity contribution >= 4 is 64.8 Å². The molecule has 0 aromatic carbocycles. The third-order valence-electron chi connectivity index (χ3n) is 3.68. The molecule has 91 valence electrons. The van der Waals surface area contributed by atoms with Crippen LogP contribution in [0.25, 0.3) is 0 Å². The molecule has 0 atom stereocenters. The molecule has 19 heavy (non-hydrogen) atoms. The normalized spacial score (nSPS) is 30.0. The maximum Gasteiger partial charge on any atom is 0.0699 e. The van der Waals surface area contributed by atoms with E-state index in [0.717, 1.165) is 0 Å². The molecule has 0 amide bonds. The molecule has 0 bridgehead atoms. The molecule has 0 unspecified atom stereocenters. The summed E-state index contributed by atoms with van der Waals surface area (Å²) in [6.45, 7) is 0. The molecule has 6 rings (SSSR count). The summed E-state index contributed by atoms with van der Waals surface area (Å²) < 4.78 is 0. The van der Waals surface area contributed by atoms with E-state index in [0.29, 0.717) is 0 Å². The molecule has 0 N–H and O–H groups in total. The van der Waals surface area contributed by atoms with E-state index < -0.39 is 0 Å². The fourth-order valence-electron chi connectivity index (χ4n) is 2.93. The van der Waals surface area contributed by atoms with Crippen molar-refractivity contribution in [3.8, 4) is 0 Å². The van der Waals surface area contributed by atoms with Gasteiger partial charge in [-0.25, -0.2) is 0 Å². The van der Waals surface area contributed by atoms with Crippen LogP contribution in [0.3, 0.4) is 0 Å². The molecule has 0 nitrogen and oxygen atoms in total. The standard InChI is InChI=1S/C13H3S6/c1-4-10-6(16-14-4)2-8-12-9(19-18-8)3-7-11(13(10)12)5(1)15-17-7/h1-3H. The summed E-state index contributed by atoms with van der Waals surface area (Å²) in [5.74, 6) is 1.54. The third kappa shape index (κ3) is 1.26. The summed E-state index contributed by atoms with van der Waals surface area (Å²) in [6, 6.07) is 0. The van der Waals surface area contributed by atoms with Crippen LogP contribution in [-0.4, -0.2) is 0 Å². The second kappa shape index (κ2) is 3.65. The van der Waals surface area contributed by atoms with Crippen LogP contribution >= 0.6 is 64.8 Å². The highest BCUT2D eigenvalue weighted by molar-refractivity contribution is 8.81. The van der Waals surface area contributed by atoms with Gasteiger partial charge >= 0.3 is 0 Å². The highest BCUT2D eigenvalue weighted by atomic mass is 33.1. The first-order valence-electron chi connectivity index (χ1n) is 5.71. The first kappa shape index (κ1) is 11.2. The first-order chi connectivity index (χ1) is 9.40. The molecule has 6 heteroatoms. The summed E-state index contributed by atoms with van der Waals surface area (Å²) >= 11 is 0. The second-order valence-corrected chi connectivity index (χ2v) is 11.3. The largest absolute Gasteiger partial charge is 0.0699 e. The van der Waals surface area contributed by atoms with Gasteiger partial charge in [-0.15, -0.1) is 0 Å². The van der Waals surface area contributed by atoms with Crippen molar-refractivity contribution in [1.82, 2.24) is 0 Å². The van der Waals surface area contributed by atoms with Crippen LogP contribution in [0.5, 0.6) is 0 Å². The van der Waals surface area contributed by atoms with Crippen LogP contribution in [0.15, 0.2) is 64.4 Å². The van der Waals surface area contributed by atoms with Crippen molar-refractivity contribution in [1.29, 1.82) is 0 Å². The molecule has 1 radical (unpaired) electrons. The van der Waals surface area contributed by atoms with Gasteiger partial charge in [0.1, 0.15) is 0 Å². The zero-order valence-corrected chi connectivity index (χ0v) is 14.1. The van der Waals surface area contributed by atoms with E-state index in [4.69, 9.17) is 0 Å². The summed E-state index contributed by atoms with van der Waals surface area (Å²) in [4.78, 5) is 8.80. The van der Waals surface area contributed by atoms with Gasteiger partial charge in [0, 0.05) is 29.4 Å². The molecule has 0 saturated carbocycles. The quantitative estimate of drug-likeness (QED) is 0.473. The average molecular weight is 352 g/mol. The molecule has 3 aliphatic carbocycles. The Morgan fingerprint density at radius 1 is 0.474 bits per heavy atom. The highest BCUT2D eigenvalue weighted by Crippen LogP contribution is 2.72. The molecular weight excluding hydrogens is 349 g/mol. The predicted molar refractivity (Wildman–Crippen MR) is 94.1 cm³/mol. The Kier molecular flexibility index (Phi) is 2.14. The molecule has 0 aromatic heterocycles. The molecule has 0 fully saturated rings. The molecule has 0 spiro atoms. The van der Waals surface area contributed by atoms with Gasteiger partial charge in [0.15, 0.2) is 0 Å². The monoisotopic (exact) mass is 351 g/mol. The predicted octanol–water partition coefficient (Wildman–Crippen LogP) is 6.20. The van der Waals surface area contributed by atoms with E-state index in [9.17, 15) is 0 Å². The first-order valence-corrected chi connectivity index (χ1v) is 12.2. The fourth-order valence-corrected chi connectivity index (χ4v) is 10.6. The van der Waals surface area contributed by atoms with Crippen molar-refractivity contribution in [3.63, 3.8) is 0 Å². The van der Waals surface area contributed by atoms with Gasteiger partial charge < -0.3 is 0 Å². The fraction of sp³-hybridized carbons (Fsp3) is 0. The lowest BCUT2D eigenvalue weighted by Gasteiger charge is -2.31. The molecular formula is C13H3S6. The Bertz CT molecular complexity index is 668. The van der Waals surface area contributed by atoms with E-state index in [2.05, 4.69) is 18.2 Å². The Morgan fingerprint density at radius 3 is 1.21 bits per heavy atom. The van der Waals surface area contributed by atoms with E-state index >= 15 is 0 Å². The maximum atomic E-state index is 2.40. The molecule has 6 aliphatic rings. The number of rotatable bonds is 0. The Hall–Kier alpha value is 0.540. The molecule has 3 heterocycles. The average Bonchev–Trinajstić information content (AvgIpc) is 3.12. The molecule has 0 aromatic rings. The smallest absolute Gasteiger partial charge is 0.0521 e. The summed E-state index contributed by atoms with van der Waals surface area (Å²) in [7, 11) is 11.6. The second-order valence-electron chi connectivity index (χ2n) is 4.62. The summed E-state index contributed by atoms with van der Waals surface area (Å²) in [5.41, 5.74) is 4.55. The lowest BCUT2D eigenvalue weighted by molar-refractivity contribution is 1.16. The van der Waals surface area contributed by atoms with Crippen LogP contribution in [0, 0.1) is 5.92 Å². The van der Waals surface area contributed by atoms with E-state index in [1.165, 1.54) is 46.2 Å². The zero-order valence-electron chi connectivity index (χ0n) is 9.18. The van der Waals surface area contributed by atoms with Gasteiger partial charge in [-0.3, -0.25) is 0 Å². The minimum Gasteiger partial charge on any atom is -0.0521 e. The van der Waals surface area contributed by atoms with Crippen molar-refractivity contribution in [2.45, 2.75) is 0 Å². The van der Waals surface area contributed by atoms with Gasteiger partial charge in [0.2, 0.25) is 0 Å².